The molecule has 0 N–H and O–H groups in total. The normalized spacial score (nSPS) is 11.4. The molecule has 0 aromatic rings. The molecular formula is C18H39P. The van der Waals surface area contributed by atoms with Crippen molar-refractivity contribution in [3.8, 4) is 0 Å². The van der Waals surface area contributed by atoms with Crippen LogP contribution in [0.1, 0.15) is 104 Å². The third-order valence-corrected chi connectivity index (χ3v) is 4.66. The Balaban J connectivity index is 3.58. The monoisotopic (exact) mass is 286 g/mol. The lowest BCUT2D eigenvalue weighted by Crippen LogP contribution is -2.01. The van der Waals surface area contributed by atoms with E-state index in [1.54, 1.807) is 0 Å². The second-order valence-electron chi connectivity index (χ2n) is 6.20. The lowest BCUT2D eigenvalue weighted by atomic mass is 9.90. The molecule has 0 saturated heterocycles. The van der Waals surface area contributed by atoms with E-state index in [0.29, 0.717) is 0 Å². The molecule has 0 aliphatic carbocycles. The van der Waals surface area contributed by atoms with E-state index < -0.39 is 0 Å². The molecule has 0 aliphatic rings. The van der Waals surface area contributed by atoms with E-state index in [2.05, 4.69) is 23.1 Å². The molecule has 0 nitrogen and oxygen atoms in total. The van der Waals surface area contributed by atoms with Crippen molar-refractivity contribution in [2.45, 2.75) is 104 Å². The standard InChI is InChI=1S/C18H39P/c1-3-5-10-14-18(15-11-6-4-2)16-12-8-7-9-13-17-19/h18H,3-17,19H2,1-2H3. The minimum absolute atomic E-state index is 1.04. The number of hydrogen-bond donors (Lipinski definition) is 0. The highest BCUT2D eigenvalue weighted by Crippen LogP contribution is 2.23. The van der Waals surface area contributed by atoms with Crippen molar-refractivity contribution < 1.29 is 0 Å². The third kappa shape index (κ3) is 14.6. The Kier molecular flexibility index (Phi) is 16.9. The van der Waals surface area contributed by atoms with Crippen LogP contribution < -0.4 is 0 Å². The average molecular weight is 286 g/mol. The van der Waals surface area contributed by atoms with Crippen molar-refractivity contribution in [3.05, 3.63) is 0 Å². The minimum atomic E-state index is 1.04. The lowest BCUT2D eigenvalue weighted by Gasteiger charge is -2.16. The maximum atomic E-state index is 2.84. The van der Waals surface area contributed by atoms with Gasteiger partial charge in [0.2, 0.25) is 0 Å². The maximum absolute atomic E-state index is 2.84. The van der Waals surface area contributed by atoms with Gasteiger partial charge in [-0.25, -0.2) is 0 Å². The summed E-state index contributed by atoms with van der Waals surface area (Å²) in [7, 11) is 2.84. The van der Waals surface area contributed by atoms with Crippen molar-refractivity contribution in [1.29, 1.82) is 0 Å². The van der Waals surface area contributed by atoms with Gasteiger partial charge in [-0.1, -0.05) is 97.3 Å². The van der Waals surface area contributed by atoms with Crippen LogP contribution in [-0.4, -0.2) is 6.16 Å². The van der Waals surface area contributed by atoms with E-state index >= 15 is 0 Å². The summed E-state index contributed by atoms with van der Waals surface area (Å²) in [6, 6.07) is 0. The molecule has 1 heteroatoms. The van der Waals surface area contributed by atoms with Crippen molar-refractivity contribution >= 4 is 9.24 Å². The van der Waals surface area contributed by atoms with Gasteiger partial charge in [0.05, 0.1) is 0 Å². The molecule has 1 unspecified atom stereocenters. The molecule has 0 amide bonds. The predicted octanol–water partition coefficient (Wildman–Crippen LogP) is 6.98. The van der Waals surface area contributed by atoms with E-state index in [-0.39, 0.29) is 0 Å². The fourth-order valence-electron chi connectivity index (χ4n) is 2.91. The van der Waals surface area contributed by atoms with Crippen LogP contribution >= 0.6 is 9.24 Å². The molecule has 0 fully saturated rings. The van der Waals surface area contributed by atoms with Crippen LogP contribution in [0.3, 0.4) is 0 Å². The first-order chi connectivity index (χ1) is 9.35. The summed E-state index contributed by atoms with van der Waals surface area (Å²) in [5.74, 6) is 1.04. The first-order valence-corrected chi connectivity index (χ1v) is 9.86. The van der Waals surface area contributed by atoms with E-state index in [4.69, 9.17) is 0 Å². The summed E-state index contributed by atoms with van der Waals surface area (Å²) in [6.07, 6.45) is 21.6. The fourth-order valence-corrected chi connectivity index (χ4v) is 3.20. The van der Waals surface area contributed by atoms with Crippen LogP contribution in [0.15, 0.2) is 0 Å². The van der Waals surface area contributed by atoms with E-state index in [1.807, 2.05) is 0 Å². The van der Waals surface area contributed by atoms with Crippen molar-refractivity contribution in [2.24, 2.45) is 5.92 Å². The van der Waals surface area contributed by atoms with Crippen molar-refractivity contribution in [3.63, 3.8) is 0 Å². The van der Waals surface area contributed by atoms with Crippen LogP contribution in [0.4, 0.5) is 0 Å². The lowest BCUT2D eigenvalue weighted by molar-refractivity contribution is 0.370. The fraction of sp³-hybridized carbons (Fsp3) is 1.00. The van der Waals surface area contributed by atoms with Gasteiger partial charge in [0.15, 0.2) is 0 Å². The van der Waals surface area contributed by atoms with Crippen LogP contribution in [0.25, 0.3) is 0 Å². The average Bonchev–Trinajstić information content (AvgIpc) is 2.42. The SMILES string of the molecule is CCCCCC(CCCCC)CCCCCCCP. The number of hydrogen-bond acceptors (Lipinski definition) is 0. The van der Waals surface area contributed by atoms with Gasteiger partial charge in [-0.15, -0.1) is 9.24 Å². The summed E-state index contributed by atoms with van der Waals surface area (Å²) in [4.78, 5) is 0. The van der Waals surface area contributed by atoms with Gasteiger partial charge < -0.3 is 0 Å². The molecule has 116 valence electrons. The first kappa shape index (κ1) is 19.4. The highest BCUT2D eigenvalue weighted by Gasteiger charge is 2.08. The zero-order valence-corrected chi connectivity index (χ0v) is 14.9. The molecule has 1 atom stereocenters. The van der Waals surface area contributed by atoms with Crippen LogP contribution in [0, 0.1) is 5.92 Å². The quantitative estimate of drug-likeness (QED) is 0.225. The summed E-state index contributed by atoms with van der Waals surface area (Å²) >= 11 is 0. The Morgan fingerprint density at radius 2 is 1.00 bits per heavy atom. The van der Waals surface area contributed by atoms with Crippen LogP contribution in [0.2, 0.25) is 0 Å². The van der Waals surface area contributed by atoms with Gasteiger partial charge >= 0.3 is 0 Å². The molecule has 0 spiro atoms. The highest BCUT2D eigenvalue weighted by molar-refractivity contribution is 7.16. The van der Waals surface area contributed by atoms with E-state index in [0.717, 1.165) is 5.92 Å². The molecule has 19 heavy (non-hydrogen) atoms. The number of unbranched alkanes of at least 4 members (excludes halogenated alkanes) is 8. The molecular weight excluding hydrogens is 247 g/mol. The van der Waals surface area contributed by atoms with Gasteiger partial charge in [0, 0.05) is 0 Å². The van der Waals surface area contributed by atoms with E-state index in [9.17, 15) is 0 Å². The van der Waals surface area contributed by atoms with Gasteiger partial charge in [-0.2, -0.15) is 0 Å². The summed E-state index contributed by atoms with van der Waals surface area (Å²) in [5.41, 5.74) is 0. The molecule has 0 rings (SSSR count). The van der Waals surface area contributed by atoms with Gasteiger partial charge in [-0.05, 0) is 18.5 Å². The minimum Gasteiger partial charge on any atom is -0.138 e. The van der Waals surface area contributed by atoms with Crippen molar-refractivity contribution in [1.82, 2.24) is 0 Å². The van der Waals surface area contributed by atoms with Crippen LogP contribution in [-0.2, 0) is 0 Å². The Morgan fingerprint density at radius 3 is 1.47 bits per heavy atom. The zero-order chi connectivity index (χ0) is 14.2. The van der Waals surface area contributed by atoms with Crippen LogP contribution in [0.5, 0.6) is 0 Å². The Bertz CT molecular complexity index is 146. The Morgan fingerprint density at radius 1 is 0.579 bits per heavy atom. The van der Waals surface area contributed by atoms with Gasteiger partial charge in [-0.3, -0.25) is 0 Å². The third-order valence-electron chi connectivity index (χ3n) is 4.25. The molecule has 0 aromatic heterocycles. The molecule has 0 aromatic carbocycles. The Hall–Kier alpha value is 0.430. The largest absolute Gasteiger partial charge is 0.138 e. The molecule has 0 saturated carbocycles. The number of rotatable bonds is 15. The van der Waals surface area contributed by atoms with Crippen molar-refractivity contribution in [2.75, 3.05) is 6.16 Å². The smallest absolute Gasteiger partial charge is 0.0381 e. The maximum Gasteiger partial charge on any atom is -0.0381 e. The summed E-state index contributed by atoms with van der Waals surface area (Å²) in [5, 5.41) is 0. The molecule has 0 bridgehead atoms. The predicted molar refractivity (Wildman–Crippen MR) is 94.1 cm³/mol. The first-order valence-electron chi connectivity index (χ1n) is 9.05. The van der Waals surface area contributed by atoms with Gasteiger partial charge in [0.1, 0.15) is 0 Å². The van der Waals surface area contributed by atoms with E-state index in [1.165, 1.54) is 96.1 Å². The molecule has 0 radical (unpaired) electrons. The summed E-state index contributed by atoms with van der Waals surface area (Å²) in [6.45, 7) is 4.64. The highest BCUT2D eigenvalue weighted by atomic mass is 31.0. The molecule has 0 heterocycles. The molecule has 0 aliphatic heterocycles. The topological polar surface area (TPSA) is 0 Å². The second kappa shape index (κ2) is 16.5. The zero-order valence-electron chi connectivity index (χ0n) is 13.8. The summed E-state index contributed by atoms with van der Waals surface area (Å²) < 4.78 is 0. The van der Waals surface area contributed by atoms with Gasteiger partial charge in [0.25, 0.3) is 0 Å². The second-order valence-corrected chi connectivity index (χ2v) is 6.78. The Labute approximate surface area is 125 Å².